The Balaban J connectivity index is 1.58. The van der Waals surface area contributed by atoms with Crippen molar-refractivity contribution in [1.82, 2.24) is 9.78 Å². The summed E-state index contributed by atoms with van der Waals surface area (Å²) in [5.41, 5.74) is 3.86. The molecule has 166 valence electrons. The molecule has 0 amide bonds. The van der Waals surface area contributed by atoms with Gasteiger partial charge in [0, 0.05) is 25.4 Å². The number of hydrogen-bond acceptors (Lipinski definition) is 6. The topological polar surface area (TPSA) is 93.8 Å². The zero-order valence-corrected chi connectivity index (χ0v) is 18.5. The number of carbonyl (C=O) groups is 2. The van der Waals surface area contributed by atoms with Gasteiger partial charge in [0.15, 0.2) is 11.5 Å². The number of phenolic OH excluding ortho intramolecular Hbond substituents is 1. The van der Waals surface area contributed by atoms with Gasteiger partial charge in [0.05, 0.1) is 7.11 Å². The molecule has 0 atom stereocenters. The van der Waals surface area contributed by atoms with Crippen LogP contribution in [0.2, 0.25) is 0 Å². The Bertz CT molecular complexity index is 1130. The summed E-state index contributed by atoms with van der Waals surface area (Å²) in [5, 5.41) is 14.4. The van der Waals surface area contributed by atoms with E-state index in [0.717, 1.165) is 30.5 Å². The average molecular weight is 434 g/mol. The molecule has 0 saturated carbocycles. The van der Waals surface area contributed by atoms with Crippen molar-refractivity contribution < 1.29 is 19.4 Å². The Hall–Kier alpha value is -3.74. The molecule has 1 heterocycles. The Morgan fingerprint density at radius 3 is 2.50 bits per heavy atom. The fourth-order valence-corrected chi connectivity index (χ4v) is 3.44. The molecule has 0 saturated heterocycles. The number of aromatic nitrogens is 2. The van der Waals surface area contributed by atoms with Gasteiger partial charge in [0.2, 0.25) is 0 Å². The minimum atomic E-state index is -0.608. The van der Waals surface area contributed by atoms with Crippen molar-refractivity contribution in [2.24, 2.45) is 12.0 Å². The zero-order chi connectivity index (χ0) is 23.1. The van der Waals surface area contributed by atoms with E-state index in [4.69, 9.17) is 0 Å². The van der Waals surface area contributed by atoms with Crippen LogP contribution in [-0.4, -0.2) is 39.5 Å². The first-order valence-electron chi connectivity index (χ1n) is 10.5. The molecule has 2 aromatic carbocycles. The van der Waals surface area contributed by atoms with E-state index in [0.29, 0.717) is 17.8 Å². The molecular weight excluding hydrogens is 406 g/mol. The van der Waals surface area contributed by atoms with Crippen LogP contribution in [0.15, 0.2) is 59.7 Å². The van der Waals surface area contributed by atoms with Crippen molar-refractivity contribution in [3.63, 3.8) is 0 Å². The number of Topliss-reactive ketones (excluding diaryl/α,β-unsaturated/α-hetero) is 1. The van der Waals surface area contributed by atoms with Gasteiger partial charge in [-0.25, -0.2) is 9.79 Å². The SMILES string of the molecule is COC(=O)c1cccc(N=C(C)c2ccc(CCCCC(=O)c3ccnn3C)cc2)c1O. The van der Waals surface area contributed by atoms with Crippen molar-refractivity contribution in [3.8, 4) is 5.75 Å². The van der Waals surface area contributed by atoms with Gasteiger partial charge >= 0.3 is 5.97 Å². The summed E-state index contributed by atoms with van der Waals surface area (Å²) in [4.78, 5) is 28.4. The smallest absolute Gasteiger partial charge is 0.341 e. The normalized spacial score (nSPS) is 11.4. The van der Waals surface area contributed by atoms with Crippen LogP contribution in [0.5, 0.6) is 5.75 Å². The summed E-state index contributed by atoms with van der Waals surface area (Å²) >= 11 is 0. The largest absolute Gasteiger partial charge is 0.505 e. The number of aromatic hydroxyl groups is 1. The van der Waals surface area contributed by atoms with Crippen molar-refractivity contribution in [2.45, 2.75) is 32.6 Å². The number of ether oxygens (including phenoxy) is 1. The van der Waals surface area contributed by atoms with Gasteiger partial charge in [-0.15, -0.1) is 0 Å². The highest BCUT2D eigenvalue weighted by Crippen LogP contribution is 2.31. The first-order valence-corrected chi connectivity index (χ1v) is 10.5. The number of carbonyl (C=O) groups excluding carboxylic acids is 2. The predicted octanol–water partition coefficient (Wildman–Crippen LogP) is 4.65. The molecule has 0 aliphatic rings. The number of aliphatic imine (C=N–C) groups is 1. The van der Waals surface area contributed by atoms with Crippen LogP contribution < -0.4 is 0 Å². The van der Waals surface area contributed by atoms with E-state index >= 15 is 0 Å². The van der Waals surface area contributed by atoms with E-state index in [2.05, 4.69) is 14.8 Å². The van der Waals surface area contributed by atoms with Gasteiger partial charge in [-0.2, -0.15) is 5.10 Å². The summed E-state index contributed by atoms with van der Waals surface area (Å²) in [6, 6.07) is 14.6. The summed E-state index contributed by atoms with van der Waals surface area (Å²) in [6.45, 7) is 1.85. The summed E-state index contributed by atoms with van der Waals surface area (Å²) in [7, 11) is 3.04. The average Bonchev–Trinajstić information content (AvgIpc) is 3.23. The van der Waals surface area contributed by atoms with Gasteiger partial charge in [-0.05, 0) is 55.5 Å². The molecular formula is C25H27N3O4. The Kier molecular flexibility index (Phi) is 7.54. The summed E-state index contributed by atoms with van der Waals surface area (Å²) in [6.07, 6.45) is 4.78. The van der Waals surface area contributed by atoms with Gasteiger partial charge in [0.25, 0.3) is 0 Å². The lowest BCUT2D eigenvalue weighted by molar-refractivity contribution is 0.0597. The first kappa shape index (κ1) is 22.9. The van der Waals surface area contributed by atoms with Crippen LogP contribution in [0.4, 0.5) is 5.69 Å². The number of hydrogen-bond donors (Lipinski definition) is 1. The maximum Gasteiger partial charge on any atom is 0.341 e. The lowest BCUT2D eigenvalue weighted by atomic mass is 10.0. The molecule has 32 heavy (non-hydrogen) atoms. The van der Waals surface area contributed by atoms with Gasteiger partial charge in [-0.1, -0.05) is 30.3 Å². The van der Waals surface area contributed by atoms with Gasteiger partial charge in [-0.3, -0.25) is 9.48 Å². The molecule has 0 unspecified atom stereocenters. The number of esters is 1. The Morgan fingerprint density at radius 1 is 1.09 bits per heavy atom. The molecule has 0 radical (unpaired) electrons. The molecule has 0 fully saturated rings. The fraction of sp³-hybridized carbons (Fsp3) is 0.280. The van der Waals surface area contributed by atoms with Gasteiger partial charge < -0.3 is 9.84 Å². The quantitative estimate of drug-likeness (QED) is 0.229. The molecule has 1 aromatic heterocycles. The zero-order valence-electron chi connectivity index (χ0n) is 18.5. The lowest BCUT2D eigenvalue weighted by Gasteiger charge is -2.07. The van der Waals surface area contributed by atoms with Crippen LogP contribution in [0.1, 0.15) is 58.2 Å². The van der Waals surface area contributed by atoms with Crippen LogP contribution in [-0.2, 0) is 18.2 Å². The number of aryl methyl sites for hydroxylation is 2. The fourth-order valence-electron chi connectivity index (χ4n) is 3.44. The van der Waals surface area contributed by atoms with E-state index in [-0.39, 0.29) is 17.1 Å². The second-order valence-corrected chi connectivity index (χ2v) is 7.53. The molecule has 0 spiro atoms. The van der Waals surface area contributed by atoms with Crippen LogP contribution in [0, 0.1) is 0 Å². The summed E-state index contributed by atoms with van der Waals surface area (Å²) < 4.78 is 6.29. The number of para-hydroxylation sites is 1. The summed E-state index contributed by atoms with van der Waals surface area (Å²) in [5.74, 6) is -0.689. The van der Waals surface area contributed by atoms with Gasteiger partial charge in [0.1, 0.15) is 16.9 Å². The molecule has 0 bridgehead atoms. The maximum atomic E-state index is 12.2. The Morgan fingerprint density at radius 2 is 1.84 bits per heavy atom. The van der Waals surface area contributed by atoms with Crippen molar-refractivity contribution in [3.05, 3.63) is 77.1 Å². The van der Waals surface area contributed by atoms with Crippen molar-refractivity contribution >= 4 is 23.2 Å². The van der Waals surface area contributed by atoms with E-state index < -0.39 is 5.97 Å². The second-order valence-electron chi connectivity index (χ2n) is 7.53. The monoisotopic (exact) mass is 433 g/mol. The number of nitrogens with zero attached hydrogens (tertiary/aromatic N) is 3. The van der Waals surface area contributed by atoms with Crippen molar-refractivity contribution in [2.75, 3.05) is 7.11 Å². The maximum absolute atomic E-state index is 12.2. The van der Waals surface area contributed by atoms with Crippen LogP contribution in [0.25, 0.3) is 0 Å². The second kappa shape index (κ2) is 10.5. The number of unbranched alkanes of at least 4 members (excludes halogenated alkanes) is 1. The number of phenols is 1. The van der Waals surface area contributed by atoms with Crippen molar-refractivity contribution in [1.29, 1.82) is 0 Å². The minimum Gasteiger partial charge on any atom is -0.505 e. The third-order valence-corrected chi connectivity index (χ3v) is 5.31. The molecule has 7 heteroatoms. The Labute approximate surface area is 187 Å². The van der Waals surface area contributed by atoms with E-state index in [1.807, 2.05) is 31.2 Å². The highest BCUT2D eigenvalue weighted by Gasteiger charge is 2.14. The highest BCUT2D eigenvalue weighted by atomic mass is 16.5. The standard InChI is InChI=1S/C25H27N3O4/c1-17(27-21-9-6-8-20(24(21)30)25(31)32-3)19-13-11-18(12-14-19)7-4-5-10-23(29)22-15-16-26-28(22)2/h6,8-9,11-16,30H,4-5,7,10H2,1-3H3. The lowest BCUT2D eigenvalue weighted by Crippen LogP contribution is -2.06. The van der Waals surface area contributed by atoms with E-state index in [1.54, 1.807) is 36.1 Å². The number of benzene rings is 2. The number of methoxy groups -OCH3 is 1. The molecule has 0 aliphatic heterocycles. The predicted molar refractivity (Wildman–Crippen MR) is 123 cm³/mol. The molecule has 7 nitrogen and oxygen atoms in total. The number of ketones is 1. The van der Waals surface area contributed by atoms with Crippen LogP contribution >= 0.6 is 0 Å². The molecule has 0 aliphatic carbocycles. The van der Waals surface area contributed by atoms with E-state index in [9.17, 15) is 14.7 Å². The van der Waals surface area contributed by atoms with E-state index in [1.165, 1.54) is 18.7 Å². The number of rotatable bonds is 9. The molecule has 3 rings (SSSR count). The third-order valence-electron chi connectivity index (χ3n) is 5.31. The highest BCUT2D eigenvalue weighted by molar-refractivity contribution is 6.01. The molecule has 3 aromatic rings. The first-order chi connectivity index (χ1) is 15.4. The minimum absolute atomic E-state index is 0.0822. The third kappa shape index (κ3) is 5.49. The molecule has 1 N–H and O–H groups in total. The van der Waals surface area contributed by atoms with Crippen LogP contribution in [0.3, 0.4) is 0 Å².